The van der Waals surface area contributed by atoms with Gasteiger partial charge in [-0.25, -0.2) is 9.18 Å². The first-order valence-electron chi connectivity index (χ1n) is 6.53. The zero-order valence-electron chi connectivity index (χ0n) is 12.0. The molecule has 2 amide bonds. The number of hydrogen-bond acceptors (Lipinski definition) is 3. The van der Waals surface area contributed by atoms with Crippen molar-refractivity contribution < 1.29 is 18.7 Å². The molecule has 5 nitrogen and oxygen atoms in total. The Morgan fingerprint density at radius 1 is 1.18 bits per heavy atom. The van der Waals surface area contributed by atoms with E-state index in [1.165, 1.54) is 30.1 Å². The number of carbonyl (C=O) groups excluding carboxylic acids is 2. The van der Waals surface area contributed by atoms with Crippen molar-refractivity contribution in [2.75, 3.05) is 11.9 Å². The average molecular weight is 302 g/mol. The maximum Gasteiger partial charge on any atom is 0.414 e. The fraction of sp³-hybridized carbons (Fsp3) is 0.125. The molecule has 114 valence electrons. The Labute approximate surface area is 127 Å². The van der Waals surface area contributed by atoms with Gasteiger partial charge in [0.15, 0.2) is 0 Å². The molecule has 2 aromatic rings. The van der Waals surface area contributed by atoms with Crippen molar-refractivity contribution in [3.05, 3.63) is 65.5 Å². The highest BCUT2D eigenvalue weighted by molar-refractivity contribution is 5.95. The number of anilines is 1. The standard InChI is InChI=1S/C16H15FN2O3/c1-19(13-7-4-6-11(9-13)15(18)20)16(21)22-10-12-5-2-3-8-14(12)17/h2-9H,10H2,1H3,(H2,18,20). The van der Waals surface area contributed by atoms with Gasteiger partial charge in [0.1, 0.15) is 12.4 Å². The highest BCUT2D eigenvalue weighted by Crippen LogP contribution is 2.16. The Balaban J connectivity index is 2.05. The zero-order valence-corrected chi connectivity index (χ0v) is 12.0. The van der Waals surface area contributed by atoms with Gasteiger partial charge in [0, 0.05) is 23.9 Å². The summed E-state index contributed by atoms with van der Waals surface area (Å²) in [6, 6.07) is 12.3. The number of ether oxygens (including phenoxy) is 1. The molecule has 0 radical (unpaired) electrons. The number of primary amides is 1. The largest absolute Gasteiger partial charge is 0.444 e. The molecule has 0 saturated carbocycles. The highest BCUT2D eigenvalue weighted by Gasteiger charge is 2.14. The predicted molar refractivity (Wildman–Crippen MR) is 79.9 cm³/mol. The first-order valence-corrected chi connectivity index (χ1v) is 6.53. The van der Waals surface area contributed by atoms with Crippen LogP contribution in [0.25, 0.3) is 0 Å². The molecule has 2 N–H and O–H groups in total. The molecule has 0 aliphatic heterocycles. The third-order valence-electron chi connectivity index (χ3n) is 3.10. The van der Waals surface area contributed by atoms with Gasteiger partial charge in [-0.05, 0) is 24.3 Å². The Kier molecular flexibility index (Phi) is 4.73. The lowest BCUT2D eigenvalue weighted by Gasteiger charge is -2.17. The van der Waals surface area contributed by atoms with Crippen molar-refractivity contribution in [3.8, 4) is 0 Å². The van der Waals surface area contributed by atoms with Crippen LogP contribution in [0.1, 0.15) is 15.9 Å². The molecule has 0 aromatic heterocycles. The van der Waals surface area contributed by atoms with Crippen LogP contribution < -0.4 is 10.6 Å². The molecule has 0 atom stereocenters. The van der Waals surface area contributed by atoms with E-state index in [4.69, 9.17) is 10.5 Å². The van der Waals surface area contributed by atoms with Crippen LogP contribution in [0.4, 0.5) is 14.9 Å². The van der Waals surface area contributed by atoms with Crippen molar-refractivity contribution in [1.82, 2.24) is 0 Å². The molecule has 0 unspecified atom stereocenters. The molecule has 0 saturated heterocycles. The van der Waals surface area contributed by atoms with Crippen LogP contribution in [0.2, 0.25) is 0 Å². The molecule has 0 spiro atoms. The molecule has 2 aromatic carbocycles. The van der Waals surface area contributed by atoms with E-state index < -0.39 is 17.8 Å². The van der Waals surface area contributed by atoms with Gasteiger partial charge in [-0.1, -0.05) is 24.3 Å². The van der Waals surface area contributed by atoms with Crippen molar-refractivity contribution >= 4 is 17.7 Å². The van der Waals surface area contributed by atoms with Crippen molar-refractivity contribution in [2.24, 2.45) is 5.73 Å². The second kappa shape index (κ2) is 6.71. The molecule has 0 aliphatic rings. The molecule has 0 fully saturated rings. The smallest absolute Gasteiger partial charge is 0.414 e. The van der Waals surface area contributed by atoms with Crippen LogP contribution in [-0.2, 0) is 11.3 Å². The number of nitrogens with zero attached hydrogens (tertiary/aromatic N) is 1. The van der Waals surface area contributed by atoms with Crippen LogP contribution in [0, 0.1) is 5.82 Å². The summed E-state index contributed by atoms with van der Waals surface area (Å²) in [6.07, 6.45) is -0.662. The quantitative estimate of drug-likeness (QED) is 0.943. The van der Waals surface area contributed by atoms with Gasteiger partial charge in [-0.15, -0.1) is 0 Å². The minimum absolute atomic E-state index is 0.175. The molecular weight excluding hydrogens is 287 g/mol. The van der Waals surface area contributed by atoms with Gasteiger partial charge in [0.25, 0.3) is 0 Å². The number of hydrogen-bond donors (Lipinski definition) is 1. The molecule has 0 heterocycles. The molecule has 0 bridgehead atoms. The van der Waals surface area contributed by atoms with Gasteiger partial charge >= 0.3 is 6.09 Å². The van der Waals surface area contributed by atoms with Gasteiger partial charge in [0.05, 0.1) is 0 Å². The Morgan fingerprint density at radius 3 is 2.59 bits per heavy atom. The molecular formula is C16H15FN2O3. The maximum absolute atomic E-state index is 13.4. The Morgan fingerprint density at radius 2 is 1.91 bits per heavy atom. The van der Waals surface area contributed by atoms with E-state index in [0.29, 0.717) is 5.69 Å². The first kappa shape index (κ1) is 15.5. The van der Waals surface area contributed by atoms with Gasteiger partial charge in [-0.2, -0.15) is 0 Å². The molecule has 0 aliphatic carbocycles. The molecule has 6 heteroatoms. The van der Waals surface area contributed by atoms with Crippen molar-refractivity contribution in [2.45, 2.75) is 6.61 Å². The minimum Gasteiger partial charge on any atom is -0.444 e. The summed E-state index contributed by atoms with van der Waals surface area (Å²) in [7, 11) is 1.49. The summed E-state index contributed by atoms with van der Waals surface area (Å²) in [5.41, 5.74) is 6.22. The summed E-state index contributed by atoms with van der Waals surface area (Å²) >= 11 is 0. The van der Waals surface area contributed by atoms with Crippen LogP contribution >= 0.6 is 0 Å². The average Bonchev–Trinajstić information content (AvgIpc) is 2.53. The lowest BCUT2D eigenvalue weighted by molar-refractivity contribution is 0.1000. The minimum atomic E-state index is -0.662. The summed E-state index contributed by atoms with van der Waals surface area (Å²) in [5, 5.41) is 0. The third-order valence-corrected chi connectivity index (χ3v) is 3.10. The van der Waals surface area contributed by atoms with Crippen molar-refractivity contribution in [3.63, 3.8) is 0 Å². The SMILES string of the molecule is CN(C(=O)OCc1ccccc1F)c1cccc(C(N)=O)c1. The predicted octanol–water partition coefficient (Wildman–Crippen LogP) is 2.70. The second-order valence-electron chi connectivity index (χ2n) is 4.62. The van der Waals surface area contributed by atoms with Crippen LogP contribution in [-0.4, -0.2) is 19.0 Å². The van der Waals surface area contributed by atoms with E-state index in [1.54, 1.807) is 30.3 Å². The molecule has 22 heavy (non-hydrogen) atoms. The van der Waals surface area contributed by atoms with E-state index >= 15 is 0 Å². The van der Waals surface area contributed by atoms with E-state index in [-0.39, 0.29) is 17.7 Å². The fourth-order valence-corrected chi connectivity index (χ4v) is 1.82. The normalized spacial score (nSPS) is 10.1. The monoisotopic (exact) mass is 302 g/mol. The highest BCUT2D eigenvalue weighted by atomic mass is 19.1. The number of rotatable bonds is 4. The van der Waals surface area contributed by atoms with E-state index in [2.05, 4.69) is 0 Å². The van der Waals surface area contributed by atoms with Crippen LogP contribution in [0.3, 0.4) is 0 Å². The van der Waals surface area contributed by atoms with Crippen molar-refractivity contribution in [1.29, 1.82) is 0 Å². The van der Waals surface area contributed by atoms with Gasteiger partial charge in [0.2, 0.25) is 5.91 Å². The summed E-state index contributed by atoms with van der Waals surface area (Å²) in [5.74, 6) is -1.02. The maximum atomic E-state index is 13.4. The first-order chi connectivity index (χ1) is 10.5. The summed E-state index contributed by atoms with van der Waals surface area (Å²) in [6.45, 7) is -0.175. The molecule has 2 rings (SSSR count). The Hall–Kier alpha value is -2.89. The topological polar surface area (TPSA) is 72.6 Å². The number of benzene rings is 2. The zero-order chi connectivity index (χ0) is 16.1. The number of carbonyl (C=O) groups is 2. The van der Waals surface area contributed by atoms with E-state index in [1.807, 2.05) is 0 Å². The lowest BCUT2D eigenvalue weighted by atomic mass is 10.2. The summed E-state index contributed by atoms with van der Waals surface area (Å²) in [4.78, 5) is 24.3. The van der Waals surface area contributed by atoms with Crippen LogP contribution in [0.15, 0.2) is 48.5 Å². The van der Waals surface area contributed by atoms with E-state index in [9.17, 15) is 14.0 Å². The lowest BCUT2D eigenvalue weighted by Crippen LogP contribution is -2.27. The van der Waals surface area contributed by atoms with Gasteiger partial charge < -0.3 is 10.5 Å². The number of nitrogens with two attached hydrogens (primary N) is 1. The number of halogens is 1. The third kappa shape index (κ3) is 3.60. The number of amides is 2. The second-order valence-corrected chi connectivity index (χ2v) is 4.62. The summed E-state index contributed by atoms with van der Waals surface area (Å²) < 4.78 is 18.5. The van der Waals surface area contributed by atoms with Crippen LogP contribution in [0.5, 0.6) is 0 Å². The van der Waals surface area contributed by atoms with Gasteiger partial charge in [-0.3, -0.25) is 9.69 Å². The van der Waals surface area contributed by atoms with E-state index in [0.717, 1.165) is 0 Å². The fourth-order valence-electron chi connectivity index (χ4n) is 1.82. The Bertz CT molecular complexity index is 703.